The monoisotopic (exact) mass is 304 g/mol. The Morgan fingerprint density at radius 2 is 2.09 bits per heavy atom. The summed E-state index contributed by atoms with van der Waals surface area (Å²) < 4.78 is 5.40. The number of nitrogens with zero attached hydrogens (tertiary/aromatic N) is 4. The van der Waals surface area contributed by atoms with Crippen LogP contribution < -0.4 is 4.90 Å². The van der Waals surface area contributed by atoms with Gasteiger partial charge < -0.3 is 19.3 Å². The quantitative estimate of drug-likeness (QED) is 0.885. The van der Waals surface area contributed by atoms with Gasteiger partial charge in [0.05, 0.1) is 17.8 Å². The van der Waals surface area contributed by atoms with Crippen molar-refractivity contribution in [3.63, 3.8) is 0 Å². The largest absolute Gasteiger partial charge is 0.464 e. The van der Waals surface area contributed by atoms with Crippen molar-refractivity contribution in [3.8, 4) is 0 Å². The fraction of sp³-hybridized carbons (Fsp3) is 0.562. The summed E-state index contributed by atoms with van der Waals surface area (Å²) in [5.74, 6) is 0.851. The third-order valence-corrected chi connectivity index (χ3v) is 4.27. The van der Waals surface area contributed by atoms with E-state index in [4.69, 9.17) is 4.42 Å². The van der Waals surface area contributed by atoms with Crippen LogP contribution in [0.2, 0.25) is 0 Å². The van der Waals surface area contributed by atoms with Crippen molar-refractivity contribution in [2.75, 3.05) is 58.3 Å². The van der Waals surface area contributed by atoms with Gasteiger partial charge in [0.25, 0.3) is 0 Å². The van der Waals surface area contributed by atoms with Crippen molar-refractivity contribution in [1.29, 1.82) is 0 Å². The zero-order chi connectivity index (χ0) is 15.5. The predicted molar refractivity (Wildman–Crippen MR) is 87.2 cm³/mol. The minimum atomic E-state index is -0.391. The number of likely N-dealkylation sites (N-methyl/N-ethyl adjacent to an activating group) is 2. The molecule has 0 amide bonds. The van der Waals surface area contributed by atoms with Crippen molar-refractivity contribution in [2.45, 2.75) is 6.10 Å². The van der Waals surface area contributed by atoms with Crippen LogP contribution in [-0.2, 0) is 0 Å². The van der Waals surface area contributed by atoms with Gasteiger partial charge in [-0.3, -0.25) is 4.90 Å². The molecule has 0 aliphatic carbocycles. The fourth-order valence-electron chi connectivity index (χ4n) is 2.97. The summed E-state index contributed by atoms with van der Waals surface area (Å²) in [7, 11) is 4.10. The molecule has 2 aromatic rings. The number of aliphatic hydroxyl groups excluding tert-OH is 1. The highest BCUT2D eigenvalue weighted by molar-refractivity contribution is 5.88. The number of furan rings is 1. The van der Waals surface area contributed by atoms with E-state index < -0.39 is 6.10 Å². The zero-order valence-electron chi connectivity index (χ0n) is 13.3. The molecule has 1 aliphatic heterocycles. The maximum atomic E-state index is 10.4. The van der Waals surface area contributed by atoms with Crippen LogP contribution in [-0.4, -0.2) is 79.4 Å². The summed E-state index contributed by atoms with van der Waals surface area (Å²) in [4.78, 5) is 11.1. The fourth-order valence-corrected chi connectivity index (χ4v) is 2.97. The lowest BCUT2D eigenvalue weighted by Crippen LogP contribution is -2.48. The second kappa shape index (κ2) is 6.64. The van der Waals surface area contributed by atoms with Crippen molar-refractivity contribution in [1.82, 2.24) is 14.8 Å². The minimum absolute atomic E-state index is 0.391. The summed E-state index contributed by atoms with van der Waals surface area (Å²) in [5.41, 5.74) is 0.824. The second-order valence-corrected chi connectivity index (χ2v) is 6.11. The van der Waals surface area contributed by atoms with Crippen LogP contribution in [0.3, 0.4) is 0 Å². The van der Waals surface area contributed by atoms with E-state index in [1.807, 2.05) is 24.1 Å². The number of hydrogen-bond donors (Lipinski definition) is 1. The molecule has 0 radical (unpaired) electrons. The topological polar surface area (TPSA) is 56.0 Å². The summed E-state index contributed by atoms with van der Waals surface area (Å²) in [6, 6.07) is 3.77. The first-order valence-electron chi connectivity index (χ1n) is 7.76. The summed E-state index contributed by atoms with van der Waals surface area (Å²) in [6.45, 7) is 5.44. The Bertz CT molecular complexity index is 607. The van der Waals surface area contributed by atoms with Crippen LogP contribution in [0.1, 0.15) is 0 Å². The highest BCUT2D eigenvalue weighted by Gasteiger charge is 2.19. The van der Waals surface area contributed by atoms with Crippen LogP contribution in [0.15, 0.2) is 29.0 Å². The molecule has 0 bridgehead atoms. The summed E-state index contributed by atoms with van der Waals surface area (Å²) in [6.07, 6.45) is 3.02. The lowest BCUT2D eigenvalue weighted by atomic mass is 10.2. The number of aromatic nitrogens is 1. The molecule has 0 aromatic carbocycles. The molecule has 6 nitrogen and oxygen atoms in total. The van der Waals surface area contributed by atoms with Gasteiger partial charge in [0.2, 0.25) is 0 Å². The first-order chi connectivity index (χ1) is 10.6. The Morgan fingerprint density at radius 1 is 1.32 bits per heavy atom. The Labute approximate surface area is 130 Å². The summed E-state index contributed by atoms with van der Waals surface area (Å²) in [5, 5.41) is 11.4. The third kappa shape index (κ3) is 3.40. The number of anilines is 1. The van der Waals surface area contributed by atoms with Crippen molar-refractivity contribution < 1.29 is 9.52 Å². The Balaban J connectivity index is 1.59. The van der Waals surface area contributed by atoms with Gasteiger partial charge in [-0.2, -0.15) is 0 Å². The van der Waals surface area contributed by atoms with Crippen LogP contribution in [0.5, 0.6) is 0 Å². The van der Waals surface area contributed by atoms with Crippen LogP contribution >= 0.6 is 0 Å². The molecule has 1 fully saturated rings. The van der Waals surface area contributed by atoms with Gasteiger partial charge in [0, 0.05) is 52.5 Å². The molecule has 0 unspecified atom stereocenters. The Morgan fingerprint density at radius 3 is 2.86 bits per heavy atom. The lowest BCUT2D eigenvalue weighted by Gasteiger charge is -2.34. The molecule has 1 aliphatic rings. The first-order valence-corrected chi connectivity index (χ1v) is 7.76. The molecule has 1 atom stereocenters. The highest BCUT2D eigenvalue weighted by Crippen LogP contribution is 2.24. The molecule has 1 saturated heterocycles. The van der Waals surface area contributed by atoms with Gasteiger partial charge in [-0.1, -0.05) is 0 Å². The zero-order valence-corrected chi connectivity index (χ0v) is 13.3. The van der Waals surface area contributed by atoms with Gasteiger partial charge >= 0.3 is 0 Å². The van der Waals surface area contributed by atoms with Gasteiger partial charge in [0.1, 0.15) is 11.4 Å². The van der Waals surface area contributed by atoms with E-state index >= 15 is 0 Å². The molecule has 3 rings (SSSR count). The molecular weight excluding hydrogens is 280 g/mol. The van der Waals surface area contributed by atoms with Crippen molar-refractivity contribution in [3.05, 3.63) is 24.6 Å². The number of aliphatic hydroxyl groups is 1. The number of rotatable bonds is 5. The van der Waals surface area contributed by atoms with Gasteiger partial charge in [0.15, 0.2) is 0 Å². The average Bonchev–Trinajstić information content (AvgIpc) is 2.97. The van der Waals surface area contributed by atoms with Gasteiger partial charge in [-0.15, -0.1) is 0 Å². The molecule has 120 valence electrons. The smallest absolute Gasteiger partial charge is 0.139 e. The number of pyridine rings is 1. The Hall–Kier alpha value is -1.63. The van der Waals surface area contributed by atoms with Crippen LogP contribution in [0.25, 0.3) is 11.0 Å². The third-order valence-electron chi connectivity index (χ3n) is 4.27. The number of fused-ring (bicyclic) bond motifs is 1. The second-order valence-electron chi connectivity index (χ2n) is 6.11. The average molecular weight is 304 g/mol. The van der Waals surface area contributed by atoms with Crippen LogP contribution in [0.4, 0.5) is 5.82 Å². The molecular formula is C16H24N4O2. The minimum Gasteiger partial charge on any atom is -0.464 e. The van der Waals surface area contributed by atoms with E-state index in [2.05, 4.69) is 21.8 Å². The Kier molecular flexibility index (Phi) is 4.61. The molecule has 2 aromatic heterocycles. The van der Waals surface area contributed by atoms with E-state index in [0.29, 0.717) is 13.1 Å². The molecule has 0 spiro atoms. The lowest BCUT2D eigenvalue weighted by molar-refractivity contribution is 0.0842. The molecule has 3 heterocycles. The molecule has 0 saturated carbocycles. The summed E-state index contributed by atoms with van der Waals surface area (Å²) >= 11 is 0. The first kappa shape index (κ1) is 15.3. The van der Waals surface area contributed by atoms with Crippen molar-refractivity contribution in [2.24, 2.45) is 0 Å². The van der Waals surface area contributed by atoms with Gasteiger partial charge in [-0.25, -0.2) is 4.98 Å². The number of β-amino-alcohol motifs (C(OH)–C–C–N with tert-alkyl or cyclic N) is 1. The number of piperazine rings is 1. The van der Waals surface area contributed by atoms with E-state index in [-0.39, 0.29) is 0 Å². The highest BCUT2D eigenvalue weighted by atomic mass is 16.3. The van der Waals surface area contributed by atoms with Crippen LogP contribution in [0, 0.1) is 0 Å². The predicted octanol–water partition coefficient (Wildman–Crippen LogP) is 0.872. The normalized spacial score (nSPS) is 18.7. The van der Waals surface area contributed by atoms with E-state index in [1.54, 1.807) is 12.5 Å². The van der Waals surface area contributed by atoms with E-state index in [0.717, 1.165) is 43.0 Å². The van der Waals surface area contributed by atoms with E-state index in [1.165, 1.54) is 0 Å². The maximum Gasteiger partial charge on any atom is 0.139 e. The molecule has 6 heteroatoms. The number of hydrogen-bond acceptors (Lipinski definition) is 6. The molecule has 22 heavy (non-hydrogen) atoms. The standard InChI is InChI=1S/C16H24N4O2/c1-18-6-8-20(9-7-18)12-13(21)11-19(2)16-14-4-10-22-15(14)3-5-17-16/h3-5,10,13,21H,6-9,11-12H2,1-2H3/t13-/m1/s1. The SMILES string of the molecule is CN1CCN(C[C@H](O)CN(C)c2nccc3occc23)CC1. The van der Waals surface area contributed by atoms with E-state index in [9.17, 15) is 5.11 Å². The van der Waals surface area contributed by atoms with Gasteiger partial charge in [-0.05, 0) is 19.2 Å². The van der Waals surface area contributed by atoms with Crippen molar-refractivity contribution >= 4 is 16.8 Å². The molecule has 1 N–H and O–H groups in total. The maximum absolute atomic E-state index is 10.4.